The Morgan fingerprint density at radius 3 is 2.12 bits per heavy atom. The van der Waals surface area contributed by atoms with Crippen molar-refractivity contribution in [2.24, 2.45) is 0 Å². The Morgan fingerprint density at radius 2 is 1.76 bits per heavy atom. The van der Waals surface area contributed by atoms with Gasteiger partial charge >= 0.3 is 16.4 Å². The molecule has 0 unspecified atom stereocenters. The molecule has 0 aliphatic carbocycles. The lowest BCUT2D eigenvalue weighted by atomic mass is 10.2. The highest BCUT2D eigenvalue weighted by Crippen LogP contribution is 2.39. The molecule has 0 saturated heterocycles. The number of rotatable bonds is 2. The molecule has 0 fully saturated rings. The minimum Gasteiger partial charge on any atom is -0.258 e. The third-order valence-corrected chi connectivity index (χ3v) is 2.66. The number of hydrogen-bond acceptors (Lipinski definition) is 4. The summed E-state index contributed by atoms with van der Waals surface area (Å²) in [6.45, 7) is 0. The topological polar surface area (TPSA) is 77.3 Å². The van der Waals surface area contributed by atoms with Gasteiger partial charge in [-0.15, -0.1) is 3.89 Å². The van der Waals surface area contributed by atoms with E-state index < -0.39 is 37.5 Å². The first-order valence-corrected chi connectivity index (χ1v) is 5.23. The maximum Gasteiger partial charge on any atom is 0.418 e. The van der Waals surface area contributed by atoms with Crippen LogP contribution < -0.4 is 0 Å². The predicted molar refractivity (Wildman–Crippen MR) is 46.4 cm³/mol. The van der Waals surface area contributed by atoms with E-state index in [4.69, 9.17) is 0 Å². The third kappa shape index (κ3) is 2.70. The van der Waals surface area contributed by atoms with Gasteiger partial charge in [-0.05, 0) is 6.07 Å². The van der Waals surface area contributed by atoms with E-state index in [-0.39, 0.29) is 6.07 Å². The lowest BCUT2D eigenvalue weighted by Gasteiger charge is -2.09. The van der Waals surface area contributed by atoms with Crippen molar-refractivity contribution in [3.8, 4) is 0 Å². The van der Waals surface area contributed by atoms with Crippen molar-refractivity contribution in [3.63, 3.8) is 0 Å². The zero-order valence-electron chi connectivity index (χ0n) is 7.73. The van der Waals surface area contributed by atoms with Gasteiger partial charge in [0, 0.05) is 6.07 Å². The second-order valence-electron chi connectivity index (χ2n) is 2.85. The SMILES string of the molecule is O=[N+]([O-])c1cccc(C(F)(F)F)c1S(=O)(=O)F. The Bertz CT molecular complexity index is 566. The summed E-state index contributed by atoms with van der Waals surface area (Å²) < 4.78 is 70.9. The molecule has 1 aromatic rings. The van der Waals surface area contributed by atoms with Crippen molar-refractivity contribution in [1.29, 1.82) is 0 Å². The summed E-state index contributed by atoms with van der Waals surface area (Å²) in [7, 11) is -5.85. The first-order chi connectivity index (χ1) is 7.55. The summed E-state index contributed by atoms with van der Waals surface area (Å²) in [5.74, 6) is 0. The standard InChI is InChI=1S/C7H3F4NO4S/c8-7(9,10)4-2-1-3-5(12(13)14)6(4)17(11,15)16/h1-3H. The quantitative estimate of drug-likeness (QED) is 0.358. The second kappa shape index (κ2) is 3.95. The second-order valence-corrected chi connectivity index (χ2v) is 4.13. The third-order valence-electron chi connectivity index (χ3n) is 1.74. The first-order valence-electron chi connectivity index (χ1n) is 3.84. The van der Waals surface area contributed by atoms with Gasteiger partial charge in [-0.2, -0.15) is 21.6 Å². The number of nitro benzene ring substituents is 1. The minimum absolute atomic E-state index is 0.249. The van der Waals surface area contributed by atoms with Crippen LogP contribution in [0, 0.1) is 10.1 Å². The summed E-state index contributed by atoms with van der Waals surface area (Å²) in [4.78, 5) is 6.98. The molecule has 0 radical (unpaired) electrons. The van der Waals surface area contributed by atoms with E-state index in [9.17, 15) is 35.6 Å². The van der Waals surface area contributed by atoms with Crippen LogP contribution in [0.2, 0.25) is 0 Å². The van der Waals surface area contributed by atoms with Gasteiger partial charge < -0.3 is 0 Å². The molecule has 5 nitrogen and oxygen atoms in total. The van der Waals surface area contributed by atoms with Crippen LogP contribution >= 0.6 is 0 Å². The Balaban J connectivity index is 3.77. The molecule has 0 N–H and O–H groups in total. The number of nitro groups is 1. The summed E-state index contributed by atoms with van der Waals surface area (Å²) >= 11 is 0. The molecule has 0 aliphatic rings. The lowest BCUT2D eigenvalue weighted by Crippen LogP contribution is -2.13. The van der Waals surface area contributed by atoms with E-state index in [2.05, 4.69) is 0 Å². The Hall–Kier alpha value is -1.71. The van der Waals surface area contributed by atoms with Crippen molar-refractivity contribution in [3.05, 3.63) is 33.9 Å². The summed E-state index contributed by atoms with van der Waals surface area (Å²) in [5, 5.41) is 10.4. The number of alkyl halides is 3. The minimum atomic E-state index is -5.85. The van der Waals surface area contributed by atoms with Crippen LogP contribution in [0.4, 0.5) is 22.7 Å². The number of halogens is 4. The highest BCUT2D eigenvalue weighted by molar-refractivity contribution is 7.86. The molecule has 0 aromatic heterocycles. The molecule has 0 aliphatic heterocycles. The van der Waals surface area contributed by atoms with Crippen LogP contribution in [0.5, 0.6) is 0 Å². The Morgan fingerprint density at radius 1 is 1.24 bits per heavy atom. The zero-order valence-corrected chi connectivity index (χ0v) is 8.55. The van der Waals surface area contributed by atoms with Gasteiger partial charge in [-0.25, -0.2) is 0 Å². The molecular formula is C7H3F4NO4S. The molecule has 0 bridgehead atoms. The molecule has 0 heterocycles. The maximum atomic E-state index is 12.7. The Kier molecular flexibility index (Phi) is 3.10. The van der Waals surface area contributed by atoms with E-state index in [1.165, 1.54) is 0 Å². The van der Waals surface area contributed by atoms with Crippen LogP contribution in [0.3, 0.4) is 0 Å². The van der Waals surface area contributed by atoms with Crippen LogP contribution in [0.1, 0.15) is 5.56 Å². The van der Waals surface area contributed by atoms with E-state index in [1.807, 2.05) is 0 Å². The molecule has 10 heteroatoms. The first kappa shape index (κ1) is 13.4. The lowest BCUT2D eigenvalue weighted by molar-refractivity contribution is -0.388. The summed E-state index contributed by atoms with van der Waals surface area (Å²) in [6.07, 6.45) is -5.21. The van der Waals surface area contributed by atoms with Crippen LogP contribution in [-0.2, 0) is 16.4 Å². The normalized spacial score (nSPS) is 12.5. The Labute approximate surface area is 92.0 Å². The van der Waals surface area contributed by atoms with E-state index in [0.29, 0.717) is 12.1 Å². The van der Waals surface area contributed by atoms with Gasteiger partial charge in [0.2, 0.25) is 0 Å². The van der Waals surface area contributed by atoms with Crippen molar-refractivity contribution < 1.29 is 30.4 Å². The van der Waals surface area contributed by atoms with E-state index in [1.54, 1.807) is 0 Å². The fourth-order valence-electron chi connectivity index (χ4n) is 1.15. The molecule has 1 aromatic carbocycles. The zero-order chi connectivity index (χ0) is 13.4. The number of benzene rings is 1. The number of nitrogens with zero attached hydrogens (tertiary/aromatic N) is 1. The molecule has 0 saturated carbocycles. The van der Waals surface area contributed by atoms with Gasteiger partial charge in [0.05, 0.1) is 10.5 Å². The van der Waals surface area contributed by atoms with Crippen LogP contribution in [0.15, 0.2) is 23.1 Å². The number of hydrogen-bond donors (Lipinski definition) is 0. The molecule has 17 heavy (non-hydrogen) atoms. The van der Waals surface area contributed by atoms with E-state index in [0.717, 1.165) is 0 Å². The van der Waals surface area contributed by atoms with E-state index >= 15 is 0 Å². The predicted octanol–water partition coefficient (Wildman–Crippen LogP) is 2.27. The van der Waals surface area contributed by atoms with Crippen molar-refractivity contribution in [2.45, 2.75) is 11.1 Å². The highest BCUT2D eigenvalue weighted by atomic mass is 32.3. The molecule has 0 spiro atoms. The molecule has 0 atom stereocenters. The average molecular weight is 273 g/mol. The van der Waals surface area contributed by atoms with Crippen molar-refractivity contribution in [1.82, 2.24) is 0 Å². The molecular weight excluding hydrogens is 270 g/mol. The van der Waals surface area contributed by atoms with Gasteiger partial charge in [0.1, 0.15) is 0 Å². The van der Waals surface area contributed by atoms with Crippen LogP contribution in [-0.4, -0.2) is 13.3 Å². The average Bonchev–Trinajstić information content (AvgIpc) is 2.13. The summed E-state index contributed by atoms with van der Waals surface area (Å²) in [5.41, 5.74) is -3.36. The molecule has 0 amide bonds. The summed E-state index contributed by atoms with van der Waals surface area (Å²) in [6, 6.07) is 1.34. The molecule has 94 valence electrons. The van der Waals surface area contributed by atoms with Gasteiger partial charge in [-0.1, -0.05) is 6.07 Å². The molecule has 1 rings (SSSR count). The van der Waals surface area contributed by atoms with Gasteiger partial charge in [0.15, 0.2) is 4.90 Å². The van der Waals surface area contributed by atoms with Crippen molar-refractivity contribution >= 4 is 15.9 Å². The van der Waals surface area contributed by atoms with Crippen LogP contribution in [0.25, 0.3) is 0 Å². The fraction of sp³-hybridized carbons (Fsp3) is 0.143. The fourth-order valence-corrected chi connectivity index (χ4v) is 1.99. The maximum absolute atomic E-state index is 12.7. The highest BCUT2D eigenvalue weighted by Gasteiger charge is 2.41. The largest absolute Gasteiger partial charge is 0.418 e. The monoisotopic (exact) mass is 273 g/mol. The smallest absolute Gasteiger partial charge is 0.258 e. The van der Waals surface area contributed by atoms with Gasteiger partial charge in [0.25, 0.3) is 5.69 Å². The van der Waals surface area contributed by atoms with Crippen molar-refractivity contribution in [2.75, 3.05) is 0 Å². The van der Waals surface area contributed by atoms with Gasteiger partial charge in [-0.3, -0.25) is 10.1 Å².